The first-order valence-electron chi connectivity index (χ1n) is 6.71. The van der Waals surface area contributed by atoms with Gasteiger partial charge in [-0.3, -0.25) is 20.8 Å². The number of nitro groups is 1. The average Bonchev–Trinajstić information content (AvgIpc) is 2.49. The van der Waals surface area contributed by atoms with Gasteiger partial charge >= 0.3 is 0 Å². The highest BCUT2D eigenvalue weighted by molar-refractivity contribution is 5.95. The number of nitrogens with one attached hydrogen (secondary N) is 2. The van der Waals surface area contributed by atoms with Crippen molar-refractivity contribution in [3.05, 3.63) is 33.9 Å². The van der Waals surface area contributed by atoms with Crippen molar-refractivity contribution in [3.8, 4) is 0 Å². The molecule has 0 bridgehead atoms. The van der Waals surface area contributed by atoms with Gasteiger partial charge in [0, 0.05) is 24.8 Å². The molecule has 0 radical (unpaired) electrons. The quantitative estimate of drug-likeness (QED) is 0.274. The van der Waals surface area contributed by atoms with E-state index in [-0.39, 0.29) is 17.3 Å². The summed E-state index contributed by atoms with van der Waals surface area (Å²) in [6, 6.07) is 3.96. The molecule has 0 saturated carbocycles. The van der Waals surface area contributed by atoms with Crippen LogP contribution in [0.3, 0.4) is 0 Å². The monoisotopic (exact) mass is 296 g/mol. The summed E-state index contributed by atoms with van der Waals surface area (Å²) in [5.41, 5.74) is 2.42. The lowest BCUT2D eigenvalue weighted by molar-refractivity contribution is -0.384. The number of hydrazine groups is 1. The molecular weight excluding hydrogens is 276 g/mol. The van der Waals surface area contributed by atoms with Crippen LogP contribution < -0.4 is 16.6 Å². The van der Waals surface area contributed by atoms with E-state index < -0.39 is 4.92 Å². The maximum absolute atomic E-state index is 11.9. The molecule has 0 aromatic heterocycles. The molecule has 0 atom stereocenters. The second kappa shape index (κ2) is 8.88. The van der Waals surface area contributed by atoms with Crippen LogP contribution in [-0.2, 0) is 4.74 Å². The lowest BCUT2D eigenvalue weighted by Crippen LogP contribution is -2.27. The molecule has 1 aromatic rings. The second-order valence-electron chi connectivity index (χ2n) is 4.36. The number of hydrogen-bond acceptors (Lipinski definition) is 6. The van der Waals surface area contributed by atoms with Gasteiger partial charge in [0.05, 0.1) is 11.5 Å². The second-order valence-corrected chi connectivity index (χ2v) is 4.36. The first-order chi connectivity index (χ1) is 10.1. The van der Waals surface area contributed by atoms with E-state index in [4.69, 9.17) is 10.6 Å². The average molecular weight is 296 g/mol. The first-order valence-corrected chi connectivity index (χ1v) is 6.71. The predicted octanol–water partition coefficient (Wildman–Crippen LogP) is 1.43. The normalized spacial score (nSPS) is 10.2. The maximum Gasteiger partial charge on any atom is 0.293 e. The smallest absolute Gasteiger partial charge is 0.293 e. The molecule has 1 amide bonds. The lowest BCUT2D eigenvalue weighted by Gasteiger charge is -2.08. The Morgan fingerprint density at radius 2 is 2.19 bits per heavy atom. The number of nitrogens with two attached hydrogens (primary N) is 1. The molecule has 1 rings (SSSR count). The number of anilines is 1. The highest BCUT2D eigenvalue weighted by Crippen LogP contribution is 2.24. The molecule has 4 N–H and O–H groups in total. The Morgan fingerprint density at radius 3 is 2.81 bits per heavy atom. The van der Waals surface area contributed by atoms with Crippen LogP contribution in [-0.4, -0.2) is 30.6 Å². The summed E-state index contributed by atoms with van der Waals surface area (Å²) in [4.78, 5) is 22.1. The number of carbonyl (C=O) groups is 1. The fourth-order valence-electron chi connectivity index (χ4n) is 1.64. The Balaban J connectivity index is 2.53. The zero-order valence-corrected chi connectivity index (χ0v) is 11.9. The fourth-order valence-corrected chi connectivity index (χ4v) is 1.64. The highest BCUT2D eigenvalue weighted by Gasteiger charge is 2.15. The van der Waals surface area contributed by atoms with Gasteiger partial charge < -0.3 is 15.5 Å². The molecule has 116 valence electrons. The van der Waals surface area contributed by atoms with Crippen LogP contribution in [0.1, 0.15) is 30.1 Å². The Bertz CT molecular complexity index is 493. The first kappa shape index (κ1) is 16.9. The van der Waals surface area contributed by atoms with Gasteiger partial charge in [0.25, 0.3) is 11.6 Å². The van der Waals surface area contributed by atoms with Gasteiger partial charge in [0.15, 0.2) is 0 Å². The lowest BCUT2D eigenvalue weighted by atomic mass is 10.1. The van der Waals surface area contributed by atoms with E-state index in [1.807, 2.05) is 0 Å². The number of nitrogens with zero attached hydrogens (tertiary/aromatic N) is 1. The van der Waals surface area contributed by atoms with E-state index in [0.717, 1.165) is 12.8 Å². The Labute approximate surface area is 122 Å². The molecule has 0 aliphatic carbocycles. The Hall–Kier alpha value is -2.19. The van der Waals surface area contributed by atoms with Crippen molar-refractivity contribution in [2.75, 3.05) is 25.2 Å². The van der Waals surface area contributed by atoms with Gasteiger partial charge in [0.1, 0.15) is 5.69 Å². The number of rotatable bonds is 9. The summed E-state index contributed by atoms with van der Waals surface area (Å²) in [6.07, 6.45) is 2.05. The number of hydrogen-bond donors (Lipinski definition) is 3. The van der Waals surface area contributed by atoms with Crippen LogP contribution in [0.15, 0.2) is 18.2 Å². The van der Waals surface area contributed by atoms with E-state index in [1.165, 1.54) is 18.2 Å². The highest BCUT2D eigenvalue weighted by atomic mass is 16.6. The van der Waals surface area contributed by atoms with Gasteiger partial charge in [-0.25, -0.2) is 0 Å². The van der Waals surface area contributed by atoms with E-state index in [9.17, 15) is 14.9 Å². The van der Waals surface area contributed by atoms with E-state index >= 15 is 0 Å². The minimum absolute atomic E-state index is 0.0897. The number of nitrogen functional groups attached to an aromatic ring is 1. The van der Waals surface area contributed by atoms with E-state index in [0.29, 0.717) is 25.3 Å². The maximum atomic E-state index is 11.9. The van der Waals surface area contributed by atoms with Crippen LogP contribution in [0.2, 0.25) is 0 Å². The third kappa shape index (κ3) is 5.36. The van der Waals surface area contributed by atoms with Crippen molar-refractivity contribution in [2.24, 2.45) is 5.84 Å². The number of nitro benzene ring substituents is 1. The minimum Gasteiger partial charge on any atom is -0.380 e. The Kier molecular flexibility index (Phi) is 7.13. The molecule has 0 spiro atoms. The van der Waals surface area contributed by atoms with E-state index in [1.54, 1.807) is 0 Å². The van der Waals surface area contributed by atoms with Crippen molar-refractivity contribution in [1.29, 1.82) is 0 Å². The number of amides is 1. The zero-order chi connectivity index (χ0) is 15.7. The molecule has 1 aromatic carbocycles. The van der Waals surface area contributed by atoms with Gasteiger partial charge in [-0.2, -0.15) is 0 Å². The molecule has 0 unspecified atom stereocenters. The zero-order valence-electron chi connectivity index (χ0n) is 11.9. The molecule has 0 aliphatic rings. The minimum atomic E-state index is -0.571. The summed E-state index contributed by atoms with van der Waals surface area (Å²) in [5.74, 6) is 4.89. The van der Waals surface area contributed by atoms with Crippen molar-refractivity contribution in [1.82, 2.24) is 5.32 Å². The fraction of sp³-hybridized carbons (Fsp3) is 0.462. The van der Waals surface area contributed by atoms with Crippen molar-refractivity contribution in [3.63, 3.8) is 0 Å². The molecule has 0 heterocycles. The molecule has 21 heavy (non-hydrogen) atoms. The molecular formula is C13H20N4O4. The Morgan fingerprint density at radius 1 is 1.43 bits per heavy atom. The van der Waals surface area contributed by atoms with Crippen LogP contribution in [0.4, 0.5) is 11.4 Å². The van der Waals surface area contributed by atoms with Gasteiger partial charge in [-0.15, -0.1) is 0 Å². The van der Waals surface area contributed by atoms with Crippen LogP contribution in [0, 0.1) is 10.1 Å². The van der Waals surface area contributed by atoms with Crippen LogP contribution in [0.25, 0.3) is 0 Å². The molecule has 0 saturated heterocycles. The number of carbonyl (C=O) groups excluding carboxylic acids is 1. The van der Waals surface area contributed by atoms with Gasteiger partial charge in [-0.05, 0) is 18.6 Å². The number of ether oxygens (including phenoxy) is 1. The van der Waals surface area contributed by atoms with Crippen LogP contribution in [0.5, 0.6) is 0 Å². The van der Waals surface area contributed by atoms with Crippen molar-refractivity contribution < 1.29 is 14.5 Å². The summed E-state index contributed by atoms with van der Waals surface area (Å²) < 4.78 is 5.32. The van der Waals surface area contributed by atoms with E-state index in [2.05, 4.69) is 17.7 Å². The molecule has 8 heteroatoms. The number of unbranched alkanes of at least 4 members (excludes halogenated alkanes) is 1. The molecule has 0 aliphatic heterocycles. The largest absolute Gasteiger partial charge is 0.380 e. The third-order valence-corrected chi connectivity index (χ3v) is 2.79. The van der Waals surface area contributed by atoms with Crippen molar-refractivity contribution in [2.45, 2.75) is 19.8 Å². The molecule has 0 fully saturated rings. The summed E-state index contributed by atoms with van der Waals surface area (Å²) in [7, 11) is 0. The van der Waals surface area contributed by atoms with Crippen molar-refractivity contribution >= 4 is 17.3 Å². The molecule has 8 nitrogen and oxygen atoms in total. The van der Waals surface area contributed by atoms with Gasteiger partial charge in [-0.1, -0.05) is 13.3 Å². The summed E-state index contributed by atoms with van der Waals surface area (Å²) >= 11 is 0. The number of benzene rings is 1. The SMILES string of the molecule is CCCCOCCNC(=O)c1ccc([N+](=O)[O-])c(NN)c1. The summed E-state index contributed by atoms with van der Waals surface area (Å²) in [6.45, 7) is 3.56. The topological polar surface area (TPSA) is 120 Å². The third-order valence-electron chi connectivity index (χ3n) is 2.79. The van der Waals surface area contributed by atoms with Crippen LogP contribution >= 0.6 is 0 Å². The van der Waals surface area contributed by atoms with Gasteiger partial charge in [0.2, 0.25) is 0 Å². The predicted molar refractivity (Wildman–Crippen MR) is 79.0 cm³/mol. The standard InChI is InChI=1S/C13H20N4O4/c1-2-3-7-21-8-6-15-13(18)10-4-5-12(17(19)20)11(9-10)16-14/h4-5,9,16H,2-3,6-8,14H2,1H3,(H,15,18). The summed E-state index contributed by atoms with van der Waals surface area (Å²) in [5, 5.41) is 13.4.